The molecule has 3 rings (SSSR count). The third kappa shape index (κ3) is 3.04. The van der Waals surface area contributed by atoms with Crippen molar-refractivity contribution in [2.24, 2.45) is 0 Å². The smallest absolute Gasteiger partial charge is 0.0184 e. The molecule has 0 aliphatic heterocycles. The van der Waals surface area contributed by atoms with Gasteiger partial charge in [-0.05, 0) is 22.3 Å². The van der Waals surface area contributed by atoms with Crippen molar-refractivity contribution in [1.29, 1.82) is 0 Å². The molecule has 0 nitrogen and oxygen atoms in total. The van der Waals surface area contributed by atoms with Gasteiger partial charge in [-0.2, -0.15) is 0 Å². The Kier molecular flexibility index (Phi) is 3.75. The van der Waals surface area contributed by atoms with Crippen molar-refractivity contribution in [3.05, 3.63) is 96.1 Å². The average molecular weight is 256 g/mol. The van der Waals surface area contributed by atoms with E-state index in [1.807, 2.05) is 12.1 Å². The quantitative estimate of drug-likeness (QED) is 0.541. The van der Waals surface area contributed by atoms with Crippen molar-refractivity contribution in [3.63, 3.8) is 0 Å². The van der Waals surface area contributed by atoms with E-state index in [4.69, 9.17) is 0 Å². The van der Waals surface area contributed by atoms with Gasteiger partial charge in [0.05, 0.1) is 0 Å². The fourth-order valence-corrected chi connectivity index (χ4v) is 2.17. The van der Waals surface area contributed by atoms with Crippen molar-refractivity contribution < 1.29 is 0 Å². The summed E-state index contributed by atoms with van der Waals surface area (Å²) < 4.78 is 0. The lowest BCUT2D eigenvalue weighted by atomic mass is 10.0. The molecule has 0 radical (unpaired) electrons. The first-order valence-electron chi connectivity index (χ1n) is 6.80. The fourth-order valence-electron chi connectivity index (χ4n) is 2.17. The van der Waals surface area contributed by atoms with Gasteiger partial charge in [0.2, 0.25) is 0 Å². The van der Waals surface area contributed by atoms with Crippen LogP contribution in [-0.4, -0.2) is 0 Å². The topological polar surface area (TPSA) is 0 Å². The van der Waals surface area contributed by atoms with Crippen LogP contribution in [0.15, 0.2) is 84.9 Å². The second kappa shape index (κ2) is 6.03. The molecule has 0 aromatic heterocycles. The van der Waals surface area contributed by atoms with Gasteiger partial charge in [0, 0.05) is 0 Å². The van der Waals surface area contributed by atoms with E-state index >= 15 is 0 Å². The largest absolute Gasteiger partial charge is 0.0622 e. The zero-order chi connectivity index (χ0) is 13.6. The summed E-state index contributed by atoms with van der Waals surface area (Å²) >= 11 is 0. The molecule has 0 heterocycles. The number of hydrogen-bond donors (Lipinski definition) is 0. The molecule has 3 aromatic carbocycles. The van der Waals surface area contributed by atoms with Gasteiger partial charge < -0.3 is 0 Å². The summed E-state index contributed by atoms with van der Waals surface area (Å²) in [5.74, 6) is 0. The van der Waals surface area contributed by atoms with Crippen LogP contribution in [0.1, 0.15) is 11.1 Å². The van der Waals surface area contributed by atoms with Crippen LogP contribution in [0.5, 0.6) is 0 Å². The molecule has 0 amide bonds. The molecule has 96 valence electrons. The zero-order valence-corrected chi connectivity index (χ0v) is 11.2. The van der Waals surface area contributed by atoms with Gasteiger partial charge >= 0.3 is 0 Å². The molecule has 0 aliphatic carbocycles. The van der Waals surface area contributed by atoms with Crippen molar-refractivity contribution in [3.8, 4) is 11.1 Å². The number of hydrogen-bond acceptors (Lipinski definition) is 0. The molecule has 0 unspecified atom stereocenters. The molecule has 0 aliphatic rings. The van der Waals surface area contributed by atoms with Gasteiger partial charge in [-0.25, -0.2) is 0 Å². The van der Waals surface area contributed by atoms with Gasteiger partial charge in [0.15, 0.2) is 0 Å². The molecule has 0 fully saturated rings. The van der Waals surface area contributed by atoms with Crippen LogP contribution >= 0.6 is 0 Å². The van der Waals surface area contributed by atoms with Crippen LogP contribution in [0.3, 0.4) is 0 Å². The zero-order valence-electron chi connectivity index (χ0n) is 11.2. The van der Waals surface area contributed by atoms with E-state index in [2.05, 4.69) is 84.9 Å². The molecule has 0 bridgehead atoms. The summed E-state index contributed by atoms with van der Waals surface area (Å²) in [6.45, 7) is 0. The average Bonchev–Trinajstić information content (AvgIpc) is 2.55. The predicted octanol–water partition coefficient (Wildman–Crippen LogP) is 5.52. The highest BCUT2D eigenvalue weighted by Gasteiger charge is 1.95. The maximum absolute atomic E-state index is 2.17. The Morgan fingerprint density at radius 2 is 0.850 bits per heavy atom. The lowest BCUT2D eigenvalue weighted by Crippen LogP contribution is -1.78. The summed E-state index contributed by atoms with van der Waals surface area (Å²) in [5.41, 5.74) is 4.95. The Balaban J connectivity index is 1.79. The predicted molar refractivity (Wildman–Crippen MR) is 87.2 cm³/mol. The van der Waals surface area contributed by atoms with Crippen LogP contribution in [0.25, 0.3) is 23.3 Å². The SMILES string of the molecule is C(=C/c1ccc(-c2ccccc2)cc1)/c1ccccc1. The Hall–Kier alpha value is -2.60. The van der Waals surface area contributed by atoms with Gasteiger partial charge in [-0.1, -0.05) is 97.1 Å². The van der Waals surface area contributed by atoms with Crippen LogP contribution in [0.2, 0.25) is 0 Å². The second-order valence-corrected chi connectivity index (χ2v) is 4.73. The fraction of sp³-hybridized carbons (Fsp3) is 0. The molecular weight excluding hydrogens is 240 g/mol. The van der Waals surface area contributed by atoms with Crippen LogP contribution in [0.4, 0.5) is 0 Å². The first-order valence-corrected chi connectivity index (χ1v) is 6.80. The molecule has 0 spiro atoms. The Bertz CT molecular complexity index is 677. The van der Waals surface area contributed by atoms with E-state index in [1.54, 1.807) is 0 Å². The van der Waals surface area contributed by atoms with E-state index < -0.39 is 0 Å². The minimum atomic E-state index is 1.22. The summed E-state index contributed by atoms with van der Waals surface area (Å²) in [7, 11) is 0. The standard InChI is InChI=1S/C20H16/c1-3-7-17(8-4-1)11-12-18-13-15-20(16-14-18)19-9-5-2-6-10-19/h1-16H/b12-11-. The molecule has 0 saturated heterocycles. The van der Waals surface area contributed by atoms with E-state index in [0.717, 1.165) is 0 Å². The van der Waals surface area contributed by atoms with E-state index in [9.17, 15) is 0 Å². The molecule has 0 N–H and O–H groups in total. The number of benzene rings is 3. The monoisotopic (exact) mass is 256 g/mol. The van der Waals surface area contributed by atoms with Crippen molar-refractivity contribution >= 4 is 12.2 Å². The molecule has 20 heavy (non-hydrogen) atoms. The third-order valence-electron chi connectivity index (χ3n) is 3.29. The molecule has 0 saturated carbocycles. The van der Waals surface area contributed by atoms with E-state index in [1.165, 1.54) is 22.3 Å². The van der Waals surface area contributed by atoms with Crippen molar-refractivity contribution in [2.75, 3.05) is 0 Å². The first kappa shape index (κ1) is 12.4. The third-order valence-corrected chi connectivity index (χ3v) is 3.29. The van der Waals surface area contributed by atoms with E-state index in [-0.39, 0.29) is 0 Å². The lowest BCUT2D eigenvalue weighted by molar-refractivity contribution is 1.60. The highest BCUT2D eigenvalue weighted by Crippen LogP contribution is 2.20. The number of rotatable bonds is 3. The normalized spacial score (nSPS) is 10.8. The summed E-state index contributed by atoms with van der Waals surface area (Å²) in [6.07, 6.45) is 4.28. The molecule has 0 heteroatoms. The summed E-state index contributed by atoms with van der Waals surface area (Å²) in [6, 6.07) is 29.4. The Morgan fingerprint density at radius 1 is 0.400 bits per heavy atom. The minimum absolute atomic E-state index is 1.22. The van der Waals surface area contributed by atoms with Crippen molar-refractivity contribution in [1.82, 2.24) is 0 Å². The minimum Gasteiger partial charge on any atom is -0.0622 e. The van der Waals surface area contributed by atoms with Gasteiger partial charge in [-0.15, -0.1) is 0 Å². The summed E-state index contributed by atoms with van der Waals surface area (Å²) in [4.78, 5) is 0. The molecular formula is C20H16. The van der Waals surface area contributed by atoms with Crippen LogP contribution in [-0.2, 0) is 0 Å². The highest BCUT2D eigenvalue weighted by molar-refractivity contribution is 5.72. The van der Waals surface area contributed by atoms with Crippen LogP contribution in [0, 0.1) is 0 Å². The Labute approximate surface area is 120 Å². The second-order valence-electron chi connectivity index (χ2n) is 4.73. The lowest BCUT2D eigenvalue weighted by Gasteiger charge is -2.01. The van der Waals surface area contributed by atoms with Crippen molar-refractivity contribution in [2.45, 2.75) is 0 Å². The van der Waals surface area contributed by atoms with E-state index in [0.29, 0.717) is 0 Å². The van der Waals surface area contributed by atoms with Crippen LogP contribution < -0.4 is 0 Å². The maximum atomic E-state index is 2.17. The van der Waals surface area contributed by atoms with Gasteiger partial charge in [-0.3, -0.25) is 0 Å². The Morgan fingerprint density at radius 3 is 1.45 bits per heavy atom. The van der Waals surface area contributed by atoms with Gasteiger partial charge in [0.25, 0.3) is 0 Å². The maximum Gasteiger partial charge on any atom is -0.0184 e. The van der Waals surface area contributed by atoms with Gasteiger partial charge in [0.1, 0.15) is 0 Å². The summed E-state index contributed by atoms with van der Waals surface area (Å²) in [5, 5.41) is 0. The molecule has 0 atom stereocenters. The highest BCUT2D eigenvalue weighted by atomic mass is 14.0. The first-order chi connectivity index (χ1) is 9.92. The molecule has 3 aromatic rings.